The summed E-state index contributed by atoms with van der Waals surface area (Å²) < 4.78 is 16.2. The number of phosphoric acid groups is 1. The summed E-state index contributed by atoms with van der Waals surface area (Å²) in [6.45, 7) is 0.757. The summed E-state index contributed by atoms with van der Waals surface area (Å²) in [5.74, 6) is -5.87. The van der Waals surface area contributed by atoms with Crippen molar-refractivity contribution in [2.75, 3.05) is 31.6 Å². The second-order valence-electron chi connectivity index (χ2n) is 11.2. The van der Waals surface area contributed by atoms with Crippen LogP contribution in [0.15, 0.2) is 4.99 Å². The molecule has 24 heteroatoms. The molecule has 0 fully saturated rings. The number of phosphoric ester groups is 1. The highest BCUT2D eigenvalue weighted by molar-refractivity contribution is 7.98. The summed E-state index contributed by atoms with van der Waals surface area (Å²) in [4.78, 5) is 110. The number of carboxylic acid groups (broad SMARTS) is 1. The van der Waals surface area contributed by atoms with Gasteiger partial charge in [0.1, 0.15) is 24.4 Å². The summed E-state index contributed by atoms with van der Waals surface area (Å²) in [6, 6.07) is -6.77. The maximum Gasteiger partial charge on any atom is 0.469 e. The lowest BCUT2D eigenvalue weighted by molar-refractivity contribution is -0.139. The molecule has 51 heavy (non-hydrogen) atoms. The molecule has 0 aliphatic carbocycles. The average Bonchev–Trinajstić information content (AvgIpc) is 3.03. The van der Waals surface area contributed by atoms with E-state index in [1.54, 1.807) is 6.26 Å². The minimum atomic E-state index is -5.21. The van der Waals surface area contributed by atoms with Crippen molar-refractivity contribution in [1.82, 2.24) is 26.6 Å². The molecule has 0 aromatic carbocycles. The highest BCUT2D eigenvalue weighted by Gasteiger charge is 2.35. The Morgan fingerprint density at radius 3 is 2.06 bits per heavy atom. The van der Waals surface area contributed by atoms with Crippen LogP contribution in [0.5, 0.6) is 0 Å². The molecule has 0 aliphatic heterocycles. The smallest absolute Gasteiger partial charge is 0.469 e. The van der Waals surface area contributed by atoms with E-state index in [0.29, 0.717) is 37.8 Å². The first-order valence-electron chi connectivity index (χ1n) is 15.7. The Morgan fingerprint density at radius 2 is 1.51 bits per heavy atom. The fraction of sp³-hybridized carbons (Fsp3) is 0.704. The zero-order valence-electron chi connectivity index (χ0n) is 28.4. The van der Waals surface area contributed by atoms with Crippen LogP contribution in [0.25, 0.3) is 0 Å². The highest BCUT2D eigenvalue weighted by atomic mass is 32.2. The molecule has 0 radical (unpaired) electrons. The monoisotopic (exact) mass is 770 g/mol. The van der Waals surface area contributed by atoms with Gasteiger partial charge in [-0.05, 0) is 64.0 Å². The van der Waals surface area contributed by atoms with E-state index in [4.69, 9.17) is 28.0 Å². The largest absolute Gasteiger partial charge is 0.481 e. The average molecular weight is 771 g/mol. The van der Waals surface area contributed by atoms with Crippen molar-refractivity contribution in [3.8, 4) is 0 Å². The van der Waals surface area contributed by atoms with Gasteiger partial charge in [-0.1, -0.05) is 0 Å². The van der Waals surface area contributed by atoms with Crippen LogP contribution in [0.4, 0.5) is 0 Å². The van der Waals surface area contributed by atoms with Crippen LogP contribution in [-0.2, 0) is 42.7 Å². The lowest BCUT2D eigenvalue weighted by Gasteiger charge is -2.28. The molecule has 0 unspecified atom stereocenters. The van der Waals surface area contributed by atoms with E-state index in [0.717, 1.165) is 6.92 Å². The third-order valence-electron chi connectivity index (χ3n) is 6.81. The van der Waals surface area contributed by atoms with Gasteiger partial charge in [-0.2, -0.15) is 11.8 Å². The van der Waals surface area contributed by atoms with E-state index in [2.05, 4.69) is 36.1 Å². The molecule has 16 N–H and O–H groups in total. The van der Waals surface area contributed by atoms with Gasteiger partial charge in [0.2, 0.25) is 29.5 Å². The Kier molecular flexibility index (Phi) is 23.2. The number of rotatable bonds is 27. The number of aldehydes is 1. The summed E-state index contributed by atoms with van der Waals surface area (Å²) in [5, 5.41) is 20.6. The topological polar surface area (TPSA) is 383 Å². The van der Waals surface area contributed by atoms with Gasteiger partial charge in [-0.3, -0.25) is 38.3 Å². The summed E-state index contributed by atoms with van der Waals surface area (Å²) in [5.41, 5.74) is 21.6. The maximum atomic E-state index is 13.5. The van der Waals surface area contributed by atoms with Crippen LogP contribution in [-0.4, -0.2) is 131 Å². The molecule has 0 aromatic heterocycles. The van der Waals surface area contributed by atoms with Gasteiger partial charge in [0.25, 0.3) is 0 Å². The summed E-state index contributed by atoms with van der Waals surface area (Å²) in [6.07, 6.45) is 1.42. The van der Waals surface area contributed by atoms with Crippen molar-refractivity contribution in [2.24, 2.45) is 27.9 Å². The minimum Gasteiger partial charge on any atom is -0.481 e. The van der Waals surface area contributed by atoms with E-state index in [1.807, 2.05) is 0 Å². The molecule has 0 rings (SSSR count). The number of amides is 5. The molecule has 0 spiro atoms. The van der Waals surface area contributed by atoms with Gasteiger partial charge in [0.15, 0.2) is 5.96 Å². The number of hydrogen-bond donors (Lipinski definition) is 12. The quantitative estimate of drug-likeness (QED) is 0.0123. The van der Waals surface area contributed by atoms with Gasteiger partial charge in [0.05, 0.1) is 31.2 Å². The lowest BCUT2D eigenvalue weighted by Crippen LogP contribution is -2.60. The molecule has 5 amide bonds. The van der Waals surface area contributed by atoms with E-state index in [-0.39, 0.29) is 31.8 Å². The van der Waals surface area contributed by atoms with Gasteiger partial charge in [0, 0.05) is 6.54 Å². The number of carbonyl (C=O) groups excluding carboxylic acids is 6. The van der Waals surface area contributed by atoms with E-state index >= 15 is 0 Å². The Bertz CT molecular complexity index is 1250. The number of carbonyl (C=O) groups is 7. The SMILES string of the molecule is CSCC[C@H](NC(=O)[C@@H](NC(=O)CNC(=O)[C@@H](N)CC(=O)O)[C@@H](C)OP(=O)(O)O)C(=O)N[C@@H](CCCCN)C(=O)N[C@H](C=O)CCCN=C(N)N. The van der Waals surface area contributed by atoms with E-state index < -0.39 is 92.6 Å². The molecular formula is C27H51N10O12PS. The van der Waals surface area contributed by atoms with Gasteiger partial charge < -0.3 is 69.2 Å². The first-order chi connectivity index (χ1) is 23.8. The zero-order chi connectivity index (χ0) is 39.1. The number of guanidine groups is 1. The third-order valence-corrected chi connectivity index (χ3v) is 8.06. The van der Waals surface area contributed by atoms with Gasteiger partial charge >= 0.3 is 13.8 Å². The number of aliphatic carboxylic acids is 1. The Morgan fingerprint density at radius 1 is 0.902 bits per heavy atom. The van der Waals surface area contributed by atoms with Crippen LogP contribution in [0.1, 0.15) is 51.9 Å². The van der Waals surface area contributed by atoms with Gasteiger partial charge in [-0.15, -0.1) is 0 Å². The van der Waals surface area contributed by atoms with Gasteiger partial charge in [-0.25, -0.2) is 4.57 Å². The molecule has 0 heterocycles. The molecule has 292 valence electrons. The minimum absolute atomic E-state index is 0.00353. The third kappa shape index (κ3) is 21.9. The fourth-order valence-corrected chi connectivity index (χ4v) is 5.28. The Labute approximate surface area is 299 Å². The predicted octanol–water partition coefficient (Wildman–Crippen LogP) is -4.52. The normalized spacial score (nSPS) is 14.7. The Balaban J connectivity index is 6.01. The second-order valence-corrected chi connectivity index (χ2v) is 13.3. The predicted molar refractivity (Wildman–Crippen MR) is 185 cm³/mol. The molecule has 0 bridgehead atoms. The number of nitrogens with one attached hydrogen (secondary N) is 5. The van der Waals surface area contributed by atoms with Crippen LogP contribution in [0.2, 0.25) is 0 Å². The Hall–Kier alpha value is -3.86. The molecule has 0 saturated carbocycles. The summed E-state index contributed by atoms with van der Waals surface area (Å²) >= 11 is 1.31. The summed E-state index contributed by atoms with van der Waals surface area (Å²) in [7, 11) is -5.21. The molecular weight excluding hydrogens is 719 g/mol. The van der Waals surface area contributed by atoms with Crippen molar-refractivity contribution in [1.29, 1.82) is 0 Å². The maximum absolute atomic E-state index is 13.5. The second kappa shape index (κ2) is 25.2. The van der Waals surface area contributed by atoms with Crippen molar-refractivity contribution in [2.45, 2.75) is 88.2 Å². The van der Waals surface area contributed by atoms with Crippen LogP contribution >= 0.6 is 19.6 Å². The molecule has 0 aliphatic rings. The van der Waals surface area contributed by atoms with Crippen molar-refractivity contribution < 1.29 is 57.5 Å². The van der Waals surface area contributed by atoms with Crippen LogP contribution < -0.4 is 49.5 Å². The first-order valence-corrected chi connectivity index (χ1v) is 18.7. The first kappa shape index (κ1) is 47.1. The molecule has 0 aromatic rings. The molecule has 6 atom stereocenters. The standard InChI is InChI=1S/C27H51N10O12PS/c1-15(49-50(46,47)48)22(37-20(39)13-33-23(42)17(29)12-21(40)41)26(45)36-19(8-11-51-2)25(44)35-18(7-3-4-9-28)24(43)34-16(14-38)6-5-10-32-27(30)31/h14-19,22H,3-13,28-29H2,1-2H3,(H,33,42)(H,34,43)(H,35,44)(H,36,45)(H,37,39)(H,40,41)(H4,30,31,32)(H2,46,47,48)/t15-,16+,17+,18+,19+,22+/m1/s1. The fourth-order valence-electron chi connectivity index (χ4n) is 4.25. The van der Waals surface area contributed by atoms with Crippen LogP contribution in [0, 0.1) is 0 Å². The molecule has 22 nitrogen and oxygen atoms in total. The van der Waals surface area contributed by atoms with Crippen molar-refractivity contribution in [3.05, 3.63) is 0 Å². The number of thioether (sulfide) groups is 1. The number of unbranched alkanes of at least 4 members (excludes halogenated alkanes) is 1. The van der Waals surface area contributed by atoms with E-state index in [1.165, 1.54) is 11.8 Å². The van der Waals surface area contributed by atoms with E-state index in [9.17, 15) is 47.9 Å². The van der Waals surface area contributed by atoms with Crippen molar-refractivity contribution >= 4 is 67.3 Å². The number of carboxylic acids is 1. The highest BCUT2D eigenvalue weighted by Crippen LogP contribution is 2.38. The number of aliphatic imine (C=N–C) groups is 1. The number of nitrogens with zero attached hydrogens (tertiary/aromatic N) is 1. The van der Waals surface area contributed by atoms with Crippen molar-refractivity contribution in [3.63, 3.8) is 0 Å². The van der Waals surface area contributed by atoms with Crippen LogP contribution in [0.3, 0.4) is 0 Å². The molecule has 0 saturated heterocycles. The number of hydrogen-bond acceptors (Lipinski definition) is 13. The number of nitrogens with two attached hydrogens (primary N) is 4. The lowest BCUT2D eigenvalue weighted by atomic mass is 10.1. The zero-order valence-corrected chi connectivity index (χ0v) is 30.2.